The van der Waals surface area contributed by atoms with Crippen molar-refractivity contribution in [2.45, 2.75) is 24.7 Å². The summed E-state index contributed by atoms with van der Waals surface area (Å²) in [6.45, 7) is 0.756. The van der Waals surface area contributed by atoms with Gasteiger partial charge in [-0.25, -0.2) is 0 Å². The van der Waals surface area contributed by atoms with Crippen LogP contribution in [0.15, 0.2) is 36.4 Å². The molecule has 88 valence electrons. The highest BCUT2D eigenvalue weighted by molar-refractivity contribution is 6.31. The molecule has 0 amide bonds. The van der Waals surface area contributed by atoms with Gasteiger partial charge in [0.05, 0.1) is 0 Å². The molecule has 2 aromatic carbocycles. The van der Waals surface area contributed by atoms with Crippen molar-refractivity contribution in [1.82, 2.24) is 0 Å². The normalized spacial score (nSPS) is 18.0. The summed E-state index contributed by atoms with van der Waals surface area (Å²) in [5, 5.41) is 3.25. The summed E-state index contributed by atoms with van der Waals surface area (Å²) < 4.78 is 0. The third kappa shape index (κ3) is 1.74. The van der Waals surface area contributed by atoms with E-state index in [0.29, 0.717) is 0 Å². The Hall–Kier alpha value is -1.05. The van der Waals surface area contributed by atoms with Crippen LogP contribution in [0.3, 0.4) is 0 Å². The summed E-state index contributed by atoms with van der Waals surface area (Å²) in [4.78, 5) is 0. The van der Waals surface area contributed by atoms with Crippen LogP contribution in [0.25, 0.3) is 10.8 Å². The average Bonchev–Trinajstić information content (AvgIpc) is 2.28. The molecule has 0 unspecified atom stereocenters. The molecule has 0 radical (unpaired) electrons. The molecule has 0 atom stereocenters. The standard InChI is InChI=1S/C15H16ClN/c16-14-5-3-11-8-13(4-2-12(11)9-14)15(10-17)6-1-7-15/h2-5,8-9H,1,6-7,10,17H2. The highest BCUT2D eigenvalue weighted by atomic mass is 35.5. The van der Waals surface area contributed by atoms with Crippen LogP contribution < -0.4 is 5.73 Å². The van der Waals surface area contributed by atoms with Crippen molar-refractivity contribution in [1.29, 1.82) is 0 Å². The van der Waals surface area contributed by atoms with Crippen LogP contribution in [-0.4, -0.2) is 6.54 Å². The minimum Gasteiger partial charge on any atom is -0.330 e. The molecular formula is C15H16ClN. The van der Waals surface area contributed by atoms with Crippen LogP contribution in [0.2, 0.25) is 5.02 Å². The predicted octanol–water partition coefficient (Wildman–Crippen LogP) is 3.87. The number of rotatable bonds is 2. The smallest absolute Gasteiger partial charge is 0.0412 e. The molecule has 1 nitrogen and oxygen atoms in total. The van der Waals surface area contributed by atoms with Crippen molar-refractivity contribution in [3.8, 4) is 0 Å². The average molecular weight is 246 g/mol. The summed E-state index contributed by atoms with van der Waals surface area (Å²) in [6.07, 6.45) is 3.75. The van der Waals surface area contributed by atoms with Gasteiger partial charge in [-0.1, -0.05) is 42.3 Å². The van der Waals surface area contributed by atoms with Crippen molar-refractivity contribution >= 4 is 22.4 Å². The van der Waals surface area contributed by atoms with Crippen LogP contribution in [0.1, 0.15) is 24.8 Å². The van der Waals surface area contributed by atoms with E-state index in [1.165, 1.54) is 35.6 Å². The summed E-state index contributed by atoms with van der Waals surface area (Å²) in [5.74, 6) is 0. The lowest BCUT2D eigenvalue weighted by atomic mass is 9.64. The summed E-state index contributed by atoms with van der Waals surface area (Å²) in [6, 6.07) is 12.7. The molecule has 0 saturated heterocycles. The lowest BCUT2D eigenvalue weighted by Gasteiger charge is -2.41. The topological polar surface area (TPSA) is 26.0 Å². The van der Waals surface area contributed by atoms with Gasteiger partial charge in [0, 0.05) is 17.0 Å². The van der Waals surface area contributed by atoms with E-state index in [9.17, 15) is 0 Å². The van der Waals surface area contributed by atoms with Crippen LogP contribution >= 0.6 is 11.6 Å². The van der Waals surface area contributed by atoms with Crippen LogP contribution in [0, 0.1) is 0 Å². The predicted molar refractivity (Wildman–Crippen MR) is 73.5 cm³/mol. The third-order valence-electron chi connectivity index (χ3n) is 4.12. The van der Waals surface area contributed by atoms with Gasteiger partial charge >= 0.3 is 0 Å². The van der Waals surface area contributed by atoms with E-state index >= 15 is 0 Å². The van der Waals surface area contributed by atoms with Gasteiger partial charge in [-0.05, 0) is 41.3 Å². The Kier molecular flexibility index (Phi) is 2.61. The van der Waals surface area contributed by atoms with Crippen LogP contribution in [0.4, 0.5) is 0 Å². The van der Waals surface area contributed by atoms with Crippen LogP contribution in [0.5, 0.6) is 0 Å². The van der Waals surface area contributed by atoms with E-state index in [4.69, 9.17) is 17.3 Å². The van der Waals surface area contributed by atoms with Gasteiger partial charge in [0.2, 0.25) is 0 Å². The second kappa shape index (κ2) is 4.01. The lowest BCUT2D eigenvalue weighted by molar-refractivity contribution is 0.253. The highest BCUT2D eigenvalue weighted by Crippen LogP contribution is 2.43. The molecule has 2 N–H and O–H groups in total. The molecule has 1 aliphatic carbocycles. The van der Waals surface area contributed by atoms with E-state index in [1.807, 2.05) is 12.1 Å². The van der Waals surface area contributed by atoms with Gasteiger partial charge in [-0.3, -0.25) is 0 Å². The Labute approximate surface area is 107 Å². The van der Waals surface area contributed by atoms with E-state index in [2.05, 4.69) is 24.3 Å². The van der Waals surface area contributed by atoms with Gasteiger partial charge in [0.15, 0.2) is 0 Å². The second-order valence-electron chi connectivity index (χ2n) is 5.04. The third-order valence-corrected chi connectivity index (χ3v) is 4.35. The van der Waals surface area contributed by atoms with Gasteiger partial charge in [0.1, 0.15) is 0 Å². The van der Waals surface area contributed by atoms with Gasteiger partial charge in [-0.2, -0.15) is 0 Å². The molecule has 0 aliphatic heterocycles. The first-order valence-corrected chi connectivity index (χ1v) is 6.51. The Morgan fingerprint density at radius 1 is 1.06 bits per heavy atom. The van der Waals surface area contributed by atoms with E-state index in [1.54, 1.807) is 0 Å². The number of benzene rings is 2. The summed E-state index contributed by atoms with van der Waals surface area (Å²) >= 11 is 5.99. The molecule has 0 spiro atoms. The van der Waals surface area contributed by atoms with Crippen LogP contribution in [-0.2, 0) is 5.41 Å². The zero-order valence-corrected chi connectivity index (χ0v) is 10.5. The molecule has 1 saturated carbocycles. The Morgan fingerprint density at radius 3 is 2.41 bits per heavy atom. The van der Waals surface area contributed by atoms with E-state index in [0.717, 1.165) is 11.6 Å². The number of hydrogen-bond donors (Lipinski definition) is 1. The number of hydrogen-bond acceptors (Lipinski definition) is 1. The maximum Gasteiger partial charge on any atom is 0.0412 e. The quantitative estimate of drug-likeness (QED) is 0.854. The SMILES string of the molecule is NCC1(c2ccc3cc(Cl)ccc3c2)CCC1. The molecule has 1 fully saturated rings. The van der Waals surface area contributed by atoms with Gasteiger partial charge in [-0.15, -0.1) is 0 Å². The molecule has 3 rings (SSSR count). The molecule has 0 heterocycles. The maximum absolute atomic E-state index is 5.99. The number of fused-ring (bicyclic) bond motifs is 1. The van der Waals surface area contributed by atoms with Crippen molar-refractivity contribution in [2.75, 3.05) is 6.54 Å². The fourth-order valence-electron chi connectivity index (χ4n) is 2.76. The first kappa shape index (κ1) is 11.1. The fourth-order valence-corrected chi connectivity index (χ4v) is 2.94. The van der Waals surface area contributed by atoms with E-state index in [-0.39, 0.29) is 5.41 Å². The molecule has 2 heteroatoms. The first-order valence-electron chi connectivity index (χ1n) is 6.13. The summed E-state index contributed by atoms with van der Waals surface area (Å²) in [7, 11) is 0. The van der Waals surface area contributed by atoms with Crippen molar-refractivity contribution in [3.63, 3.8) is 0 Å². The number of nitrogens with two attached hydrogens (primary N) is 1. The van der Waals surface area contributed by atoms with Crippen molar-refractivity contribution in [3.05, 3.63) is 47.0 Å². The van der Waals surface area contributed by atoms with Gasteiger partial charge in [0.25, 0.3) is 0 Å². The fraction of sp³-hybridized carbons (Fsp3) is 0.333. The molecule has 1 aliphatic rings. The van der Waals surface area contributed by atoms with Gasteiger partial charge < -0.3 is 5.73 Å². The molecule has 2 aromatic rings. The summed E-state index contributed by atoms with van der Waals surface area (Å²) in [5.41, 5.74) is 7.58. The van der Waals surface area contributed by atoms with E-state index < -0.39 is 0 Å². The maximum atomic E-state index is 5.99. The zero-order chi connectivity index (χ0) is 11.9. The van der Waals surface area contributed by atoms with Crippen molar-refractivity contribution < 1.29 is 0 Å². The molecule has 0 bridgehead atoms. The highest BCUT2D eigenvalue weighted by Gasteiger charge is 2.37. The molecule has 17 heavy (non-hydrogen) atoms. The molecule has 0 aromatic heterocycles. The zero-order valence-electron chi connectivity index (χ0n) is 9.75. The Bertz CT molecular complexity index is 552. The lowest BCUT2D eigenvalue weighted by Crippen LogP contribution is -2.41. The molecular weight excluding hydrogens is 230 g/mol. The Balaban J connectivity index is 2.10. The minimum atomic E-state index is 0.244. The minimum absolute atomic E-state index is 0.244. The number of halogens is 1. The monoisotopic (exact) mass is 245 g/mol. The Morgan fingerprint density at radius 2 is 1.76 bits per heavy atom. The second-order valence-corrected chi connectivity index (χ2v) is 5.48. The largest absolute Gasteiger partial charge is 0.330 e. The first-order chi connectivity index (χ1) is 8.23. The van der Waals surface area contributed by atoms with Crippen molar-refractivity contribution in [2.24, 2.45) is 5.73 Å².